The van der Waals surface area contributed by atoms with E-state index in [1.807, 2.05) is 83.1 Å². The summed E-state index contributed by atoms with van der Waals surface area (Å²) in [6, 6.07) is 16.9. The van der Waals surface area contributed by atoms with Gasteiger partial charge in [-0.05, 0) is 86.0 Å². The molecule has 0 aliphatic heterocycles. The van der Waals surface area contributed by atoms with E-state index >= 15 is 0 Å². The molecule has 0 saturated heterocycles. The van der Waals surface area contributed by atoms with Crippen molar-refractivity contribution in [3.8, 4) is 0 Å². The predicted octanol–water partition coefficient (Wildman–Crippen LogP) is 5.92. The second-order valence-corrected chi connectivity index (χ2v) is 11.0. The van der Waals surface area contributed by atoms with Crippen LogP contribution in [0.5, 0.6) is 0 Å². The largest absolute Gasteiger partial charge is 0.468 e. The number of rotatable bonds is 7. The van der Waals surface area contributed by atoms with Gasteiger partial charge in [-0.2, -0.15) is 0 Å². The molecule has 1 atom stereocenters. The summed E-state index contributed by atoms with van der Waals surface area (Å²) in [7, 11) is 0. The molecule has 9 heteroatoms. The Morgan fingerprint density at radius 1 is 1.05 bits per heavy atom. The van der Waals surface area contributed by atoms with Gasteiger partial charge in [0.1, 0.15) is 11.8 Å². The van der Waals surface area contributed by atoms with Gasteiger partial charge < -0.3 is 9.40 Å². The van der Waals surface area contributed by atoms with Gasteiger partial charge in [-0.25, -0.2) is 4.68 Å². The SMILES string of the molecule is Cc1ccc(C)c2[nH]c(=O)c([C@@H](c3nnnn3C(C)(C)C)N(Cc3ccco3)Cc3ccccc3Cl)cc12. The van der Waals surface area contributed by atoms with Crippen molar-refractivity contribution in [2.24, 2.45) is 0 Å². The lowest BCUT2D eigenvalue weighted by atomic mass is 9.98. The molecule has 0 spiro atoms. The van der Waals surface area contributed by atoms with Gasteiger partial charge in [0.25, 0.3) is 5.56 Å². The molecule has 2 aromatic carbocycles. The summed E-state index contributed by atoms with van der Waals surface area (Å²) in [5.41, 5.74) is 3.76. The number of aromatic nitrogens is 5. The van der Waals surface area contributed by atoms with Gasteiger partial charge in [0.2, 0.25) is 0 Å². The smallest absolute Gasteiger partial charge is 0.253 e. The molecule has 0 amide bonds. The standard InChI is InChI=1S/C29H31ClN6O2/c1-18-12-13-19(2)25-22(18)15-23(28(37)31-25)26(27-32-33-34-36(27)29(3,4)5)35(17-21-10-8-14-38-21)16-20-9-6-7-11-24(20)30/h6-15,26H,16-17H2,1-5H3,(H,31,37)/t26-/m0/s1. The summed E-state index contributed by atoms with van der Waals surface area (Å²) in [5.74, 6) is 1.31. The number of pyridine rings is 1. The maximum Gasteiger partial charge on any atom is 0.253 e. The van der Waals surface area contributed by atoms with Gasteiger partial charge >= 0.3 is 0 Å². The second-order valence-electron chi connectivity index (χ2n) is 10.6. The van der Waals surface area contributed by atoms with Gasteiger partial charge in [-0.3, -0.25) is 9.69 Å². The lowest BCUT2D eigenvalue weighted by Gasteiger charge is -2.32. The molecule has 0 unspecified atom stereocenters. The number of fused-ring (bicyclic) bond motifs is 1. The van der Waals surface area contributed by atoms with Gasteiger partial charge in [-0.1, -0.05) is 41.9 Å². The highest BCUT2D eigenvalue weighted by atomic mass is 35.5. The molecule has 0 saturated carbocycles. The molecule has 0 aliphatic rings. The number of furan rings is 1. The quantitative estimate of drug-likeness (QED) is 0.280. The van der Waals surface area contributed by atoms with E-state index in [9.17, 15) is 4.79 Å². The summed E-state index contributed by atoms with van der Waals surface area (Å²) in [6.45, 7) is 11.0. The van der Waals surface area contributed by atoms with Crippen LogP contribution in [0.25, 0.3) is 10.9 Å². The van der Waals surface area contributed by atoms with Gasteiger partial charge in [0, 0.05) is 22.5 Å². The van der Waals surface area contributed by atoms with E-state index in [4.69, 9.17) is 16.0 Å². The van der Waals surface area contributed by atoms with Crippen molar-refractivity contribution in [3.63, 3.8) is 0 Å². The first-order valence-electron chi connectivity index (χ1n) is 12.5. The lowest BCUT2D eigenvalue weighted by Crippen LogP contribution is -2.37. The number of nitrogens with one attached hydrogen (secondary N) is 1. The number of tetrazole rings is 1. The fourth-order valence-electron chi connectivity index (χ4n) is 4.82. The van der Waals surface area contributed by atoms with Crippen LogP contribution in [0.2, 0.25) is 5.02 Å². The Labute approximate surface area is 226 Å². The van der Waals surface area contributed by atoms with Crippen molar-refractivity contribution in [1.29, 1.82) is 0 Å². The first kappa shape index (κ1) is 25.9. The van der Waals surface area contributed by atoms with E-state index in [0.717, 1.165) is 33.4 Å². The van der Waals surface area contributed by atoms with Gasteiger partial charge in [-0.15, -0.1) is 5.10 Å². The average Bonchev–Trinajstić information content (AvgIpc) is 3.56. The number of aromatic amines is 1. The summed E-state index contributed by atoms with van der Waals surface area (Å²) in [4.78, 5) is 19.1. The monoisotopic (exact) mass is 530 g/mol. The van der Waals surface area contributed by atoms with E-state index in [0.29, 0.717) is 29.5 Å². The summed E-state index contributed by atoms with van der Waals surface area (Å²) >= 11 is 6.61. The predicted molar refractivity (Wildman–Crippen MR) is 148 cm³/mol. The Kier molecular flexibility index (Phi) is 6.94. The molecule has 5 aromatic rings. The molecule has 0 aliphatic carbocycles. The summed E-state index contributed by atoms with van der Waals surface area (Å²) < 4.78 is 7.53. The maximum atomic E-state index is 13.8. The molecular formula is C29H31ClN6O2. The zero-order valence-electron chi connectivity index (χ0n) is 22.2. The molecule has 3 aromatic heterocycles. The van der Waals surface area contributed by atoms with Crippen molar-refractivity contribution >= 4 is 22.5 Å². The number of halogens is 1. The number of aryl methyl sites for hydroxylation is 2. The van der Waals surface area contributed by atoms with Crippen LogP contribution < -0.4 is 5.56 Å². The van der Waals surface area contributed by atoms with Crippen LogP contribution in [0.15, 0.2) is 70.1 Å². The first-order chi connectivity index (χ1) is 18.1. The Morgan fingerprint density at radius 3 is 2.53 bits per heavy atom. The number of benzene rings is 2. The van der Waals surface area contributed by atoms with Gasteiger partial charge in [0.15, 0.2) is 5.82 Å². The molecule has 8 nitrogen and oxygen atoms in total. The minimum Gasteiger partial charge on any atom is -0.468 e. The Morgan fingerprint density at radius 2 is 1.82 bits per heavy atom. The number of hydrogen-bond donors (Lipinski definition) is 1. The third-order valence-corrected chi connectivity index (χ3v) is 7.14. The summed E-state index contributed by atoms with van der Waals surface area (Å²) in [6.07, 6.45) is 1.65. The fourth-order valence-corrected chi connectivity index (χ4v) is 5.02. The minimum atomic E-state index is -0.598. The van der Waals surface area contributed by atoms with Crippen LogP contribution in [0.4, 0.5) is 0 Å². The lowest BCUT2D eigenvalue weighted by molar-refractivity contribution is 0.171. The molecule has 0 bridgehead atoms. The zero-order valence-corrected chi connectivity index (χ0v) is 23.0. The normalized spacial score (nSPS) is 12.9. The van der Waals surface area contributed by atoms with E-state index in [-0.39, 0.29) is 5.56 Å². The molecule has 3 heterocycles. The average molecular weight is 531 g/mol. The van der Waals surface area contributed by atoms with Crippen molar-refractivity contribution in [2.75, 3.05) is 0 Å². The second kappa shape index (κ2) is 10.2. The minimum absolute atomic E-state index is 0.191. The summed E-state index contributed by atoms with van der Waals surface area (Å²) in [5, 5.41) is 14.5. The van der Waals surface area contributed by atoms with Crippen LogP contribution in [0, 0.1) is 13.8 Å². The molecule has 196 valence electrons. The Hall–Kier alpha value is -3.75. The van der Waals surface area contributed by atoms with Crippen molar-refractivity contribution in [1.82, 2.24) is 30.1 Å². The van der Waals surface area contributed by atoms with E-state index < -0.39 is 11.6 Å². The fraction of sp³-hybridized carbons (Fsp3) is 0.310. The number of hydrogen-bond acceptors (Lipinski definition) is 6. The van der Waals surface area contributed by atoms with E-state index in [2.05, 4.69) is 31.5 Å². The van der Waals surface area contributed by atoms with E-state index in [1.54, 1.807) is 10.9 Å². The topological polar surface area (TPSA) is 92.8 Å². The third kappa shape index (κ3) is 5.01. The number of nitrogens with zero attached hydrogens (tertiary/aromatic N) is 5. The molecule has 38 heavy (non-hydrogen) atoms. The van der Waals surface area contributed by atoms with Crippen molar-refractivity contribution in [3.05, 3.63) is 110 Å². The third-order valence-electron chi connectivity index (χ3n) is 6.78. The molecule has 0 fully saturated rings. The highest BCUT2D eigenvalue weighted by Crippen LogP contribution is 2.33. The van der Waals surface area contributed by atoms with Crippen LogP contribution in [0.3, 0.4) is 0 Å². The number of H-pyrrole nitrogens is 1. The zero-order chi connectivity index (χ0) is 27.0. The molecule has 1 N–H and O–H groups in total. The highest BCUT2D eigenvalue weighted by Gasteiger charge is 2.34. The molecule has 5 rings (SSSR count). The molecular weight excluding hydrogens is 500 g/mol. The van der Waals surface area contributed by atoms with Crippen LogP contribution in [0.1, 0.15) is 60.7 Å². The van der Waals surface area contributed by atoms with Crippen molar-refractivity contribution < 1.29 is 4.42 Å². The van der Waals surface area contributed by atoms with Crippen LogP contribution in [-0.4, -0.2) is 30.1 Å². The maximum absolute atomic E-state index is 13.8. The highest BCUT2D eigenvalue weighted by molar-refractivity contribution is 6.31. The van der Waals surface area contributed by atoms with Crippen molar-refractivity contribution in [2.45, 2.75) is 59.3 Å². The molecule has 0 radical (unpaired) electrons. The Bertz CT molecular complexity index is 1630. The van der Waals surface area contributed by atoms with E-state index in [1.165, 1.54) is 0 Å². The Balaban J connectivity index is 1.77. The van der Waals surface area contributed by atoms with Gasteiger partial charge in [0.05, 0.1) is 23.9 Å². The first-order valence-corrected chi connectivity index (χ1v) is 12.9. The van der Waals surface area contributed by atoms with Crippen LogP contribution in [-0.2, 0) is 18.6 Å². The van der Waals surface area contributed by atoms with Crippen LogP contribution >= 0.6 is 11.6 Å².